The molecule has 21 heavy (non-hydrogen) atoms. The lowest BCUT2D eigenvalue weighted by atomic mass is 10.0. The highest BCUT2D eigenvalue weighted by Gasteiger charge is 2.14. The van der Waals surface area contributed by atoms with Crippen molar-refractivity contribution in [3.63, 3.8) is 0 Å². The lowest BCUT2D eigenvalue weighted by molar-refractivity contribution is -0.385. The van der Waals surface area contributed by atoms with Gasteiger partial charge in [0.05, 0.1) is 4.92 Å². The highest BCUT2D eigenvalue weighted by molar-refractivity contribution is 9.10. The number of benzene rings is 2. The first-order chi connectivity index (χ1) is 9.99. The standard InChI is InChI=1S/C16H17BrN2O2/c1-11(2)12-5-3-7-14(9-12)18-10-13-6-4-8-15(16(13)17)19(20)21/h3-9,11,18H,10H2,1-2H3. The van der Waals surface area contributed by atoms with Gasteiger partial charge in [-0.1, -0.05) is 38.1 Å². The van der Waals surface area contributed by atoms with E-state index < -0.39 is 0 Å². The van der Waals surface area contributed by atoms with Gasteiger partial charge in [0.1, 0.15) is 4.47 Å². The van der Waals surface area contributed by atoms with Crippen LogP contribution < -0.4 is 5.32 Å². The summed E-state index contributed by atoms with van der Waals surface area (Å²) >= 11 is 3.31. The number of halogens is 1. The van der Waals surface area contributed by atoms with Crippen LogP contribution in [-0.2, 0) is 6.54 Å². The van der Waals surface area contributed by atoms with E-state index in [9.17, 15) is 10.1 Å². The molecule has 0 aromatic heterocycles. The smallest absolute Gasteiger partial charge is 0.283 e. The van der Waals surface area contributed by atoms with Gasteiger partial charge in [-0.3, -0.25) is 10.1 Å². The molecule has 0 bridgehead atoms. The Morgan fingerprint density at radius 1 is 1.24 bits per heavy atom. The Bertz CT molecular complexity index is 656. The number of nitrogens with one attached hydrogen (secondary N) is 1. The number of rotatable bonds is 5. The fraction of sp³-hybridized carbons (Fsp3) is 0.250. The zero-order valence-electron chi connectivity index (χ0n) is 12.0. The summed E-state index contributed by atoms with van der Waals surface area (Å²) in [6.07, 6.45) is 0. The summed E-state index contributed by atoms with van der Waals surface area (Å²) in [5.74, 6) is 0.469. The number of anilines is 1. The lowest BCUT2D eigenvalue weighted by Gasteiger charge is -2.11. The van der Waals surface area contributed by atoms with Crippen molar-refractivity contribution in [2.24, 2.45) is 0 Å². The first-order valence-electron chi connectivity index (χ1n) is 6.74. The van der Waals surface area contributed by atoms with Crippen LogP contribution in [0.5, 0.6) is 0 Å². The van der Waals surface area contributed by atoms with Crippen LogP contribution in [0.2, 0.25) is 0 Å². The van der Waals surface area contributed by atoms with Gasteiger partial charge in [-0.2, -0.15) is 0 Å². The molecule has 4 nitrogen and oxygen atoms in total. The molecule has 2 rings (SSSR count). The Kier molecular flexibility index (Phi) is 4.96. The monoisotopic (exact) mass is 348 g/mol. The van der Waals surface area contributed by atoms with Gasteiger partial charge < -0.3 is 5.32 Å². The molecule has 0 spiro atoms. The van der Waals surface area contributed by atoms with Gasteiger partial charge in [-0.25, -0.2) is 0 Å². The molecular formula is C16H17BrN2O2. The number of hydrogen-bond acceptors (Lipinski definition) is 3. The van der Waals surface area contributed by atoms with E-state index in [1.807, 2.05) is 18.2 Å². The zero-order valence-corrected chi connectivity index (χ0v) is 13.6. The quantitative estimate of drug-likeness (QED) is 0.604. The number of nitro benzene ring substituents is 1. The minimum atomic E-state index is -0.382. The Hall–Kier alpha value is -1.88. The fourth-order valence-electron chi connectivity index (χ4n) is 2.05. The van der Waals surface area contributed by atoms with Crippen LogP contribution in [0.3, 0.4) is 0 Å². The minimum Gasteiger partial charge on any atom is -0.381 e. The van der Waals surface area contributed by atoms with Crippen LogP contribution in [0, 0.1) is 10.1 Å². The molecular weight excluding hydrogens is 332 g/mol. The normalized spacial score (nSPS) is 10.7. The summed E-state index contributed by atoms with van der Waals surface area (Å²) in [4.78, 5) is 10.5. The molecule has 0 aliphatic rings. The van der Waals surface area contributed by atoms with Crippen molar-refractivity contribution >= 4 is 27.3 Å². The van der Waals surface area contributed by atoms with Crippen molar-refractivity contribution in [2.75, 3.05) is 5.32 Å². The van der Waals surface area contributed by atoms with Gasteiger partial charge in [0.25, 0.3) is 5.69 Å². The van der Waals surface area contributed by atoms with Crippen molar-refractivity contribution in [1.82, 2.24) is 0 Å². The van der Waals surface area contributed by atoms with E-state index in [1.165, 1.54) is 11.6 Å². The third-order valence-electron chi connectivity index (χ3n) is 3.29. The van der Waals surface area contributed by atoms with Gasteiger partial charge >= 0.3 is 0 Å². The van der Waals surface area contributed by atoms with Crippen molar-refractivity contribution in [1.29, 1.82) is 0 Å². The summed E-state index contributed by atoms with van der Waals surface area (Å²) in [6, 6.07) is 13.3. The van der Waals surface area contributed by atoms with Crippen LogP contribution in [0.1, 0.15) is 30.9 Å². The number of hydrogen-bond donors (Lipinski definition) is 1. The molecule has 1 N–H and O–H groups in total. The zero-order chi connectivity index (χ0) is 15.4. The molecule has 0 atom stereocenters. The van der Waals surface area contributed by atoms with Gasteiger partial charge in [-0.15, -0.1) is 0 Å². The average molecular weight is 349 g/mol. The molecule has 0 saturated heterocycles. The van der Waals surface area contributed by atoms with Gasteiger partial charge in [0.2, 0.25) is 0 Å². The highest BCUT2D eigenvalue weighted by atomic mass is 79.9. The molecule has 0 heterocycles. The maximum absolute atomic E-state index is 10.9. The molecule has 2 aromatic rings. The summed E-state index contributed by atoms with van der Waals surface area (Å²) in [7, 11) is 0. The van der Waals surface area contributed by atoms with E-state index in [0.29, 0.717) is 16.9 Å². The second kappa shape index (κ2) is 6.72. The first kappa shape index (κ1) is 15.5. The predicted octanol–water partition coefficient (Wildman–Crippen LogP) is 5.09. The highest BCUT2D eigenvalue weighted by Crippen LogP contribution is 2.29. The Balaban J connectivity index is 2.15. The van der Waals surface area contributed by atoms with Crippen LogP contribution in [0.25, 0.3) is 0 Å². The summed E-state index contributed by atoms with van der Waals surface area (Å²) < 4.78 is 0.530. The molecule has 0 radical (unpaired) electrons. The molecule has 2 aromatic carbocycles. The van der Waals surface area contributed by atoms with E-state index in [0.717, 1.165) is 11.3 Å². The third kappa shape index (κ3) is 3.82. The lowest BCUT2D eigenvalue weighted by Crippen LogP contribution is -2.02. The third-order valence-corrected chi connectivity index (χ3v) is 4.21. The molecule has 5 heteroatoms. The molecule has 0 aliphatic heterocycles. The van der Waals surface area contributed by atoms with E-state index in [-0.39, 0.29) is 10.6 Å². The molecule has 0 fully saturated rings. The second-order valence-electron chi connectivity index (χ2n) is 5.14. The van der Waals surface area contributed by atoms with Crippen molar-refractivity contribution < 1.29 is 4.92 Å². The summed E-state index contributed by atoms with van der Waals surface area (Å²) in [6.45, 7) is 4.83. The predicted molar refractivity (Wildman–Crippen MR) is 88.7 cm³/mol. The van der Waals surface area contributed by atoms with Crippen molar-refractivity contribution in [3.05, 3.63) is 68.2 Å². The van der Waals surface area contributed by atoms with E-state index in [1.54, 1.807) is 6.07 Å². The molecule has 0 aliphatic carbocycles. The largest absolute Gasteiger partial charge is 0.381 e. The Morgan fingerprint density at radius 2 is 1.95 bits per heavy atom. The fourth-order valence-corrected chi connectivity index (χ4v) is 2.60. The Labute approximate surface area is 132 Å². The first-order valence-corrected chi connectivity index (χ1v) is 7.54. The molecule has 0 amide bonds. The topological polar surface area (TPSA) is 55.2 Å². The maximum atomic E-state index is 10.9. The summed E-state index contributed by atoms with van der Waals surface area (Å²) in [5, 5.41) is 14.2. The van der Waals surface area contributed by atoms with Crippen LogP contribution in [0.15, 0.2) is 46.9 Å². The van der Waals surface area contributed by atoms with Gasteiger partial charge in [-0.05, 0) is 45.1 Å². The maximum Gasteiger partial charge on any atom is 0.283 e. The van der Waals surface area contributed by atoms with Gasteiger partial charge in [0.15, 0.2) is 0 Å². The van der Waals surface area contributed by atoms with Crippen LogP contribution in [0.4, 0.5) is 11.4 Å². The average Bonchev–Trinajstić information content (AvgIpc) is 2.46. The molecule has 110 valence electrons. The van der Waals surface area contributed by atoms with Crippen LogP contribution >= 0.6 is 15.9 Å². The second-order valence-corrected chi connectivity index (χ2v) is 5.93. The Morgan fingerprint density at radius 3 is 2.62 bits per heavy atom. The minimum absolute atomic E-state index is 0.0882. The van der Waals surface area contributed by atoms with E-state index >= 15 is 0 Å². The van der Waals surface area contributed by atoms with Gasteiger partial charge in [0, 0.05) is 18.3 Å². The number of nitrogens with zero attached hydrogens (tertiary/aromatic N) is 1. The van der Waals surface area contributed by atoms with Crippen molar-refractivity contribution in [3.8, 4) is 0 Å². The SMILES string of the molecule is CC(C)c1cccc(NCc2cccc([N+](=O)[O-])c2Br)c1. The van der Waals surface area contributed by atoms with E-state index in [2.05, 4.69) is 47.2 Å². The molecule has 0 unspecified atom stereocenters. The van der Waals surface area contributed by atoms with Crippen molar-refractivity contribution in [2.45, 2.75) is 26.3 Å². The number of nitro groups is 1. The molecule has 0 saturated carbocycles. The van der Waals surface area contributed by atoms with Crippen LogP contribution in [-0.4, -0.2) is 4.92 Å². The summed E-state index contributed by atoms with van der Waals surface area (Å²) in [5.41, 5.74) is 3.22. The van der Waals surface area contributed by atoms with E-state index in [4.69, 9.17) is 0 Å².